The van der Waals surface area contributed by atoms with Gasteiger partial charge in [-0.15, -0.1) is 0 Å². The van der Waals surface area contributed by atoms with Gasteiger partial charge in [-0.05, 0) is 41.6 Å². The molecule has 0 aliphatic carbocycles. The molecule has 1 aliphatic heterocycles. The fraction of sp³-hybridized carbons (Fsp3) is 0.0952. The van der Waals surface area contributed by atoms with Crippen molar-refractivity contribution in [3.05, 3.63) is 76.6 Å². The lowest BCUT2D eigenvalue weighted by molar-refractivity contribution is -0.122. The highest BCUT2D eigenvalue weighted by Crippen LogP contribution is 2.31. The standard InChI is InChI=1S/C21H16FN3O3S/c22-15-7-4-8-16-14(15)12-17(24-16)19(26)23-9-10-25-20(27)18(29-21(25)28)11-13-5-2-1-3-6-13/h1-8,11-12,24H,9-10H2,(H,23,26)/b18-11-. The van der Waals surface area contributed by atoms with Crippen LogP contribution in [-0.4, -0.2) is 40.0 Å². The van der Waals surface area contributed by atoms with Crippen molar-refractivity contribution in [3.8, 4) is 0 Å². The van der Waals surface area contributed by atoms with Crippen LogP contribution in [0.2, 0.25) is 0 Å². The van der Waals surface area contributed by atoms with E-state index in [0.717, 1.165) is 22.2 Å². The molecule has 29 heavy (non-hydrogen) atoms. The number of halogens is 1. The molecule has 6 nitrogen and oxygen atoms in total. The van der Waals surface area contributed by atoms with Gasteiger partial charge in [-0.25, -0.2) is 4.39 Å². The van der Waals surface area contributed by atoms with Gasteiger partial charge in [-0.2, -0.15) is 0 Å². The summed E-state index contributed by atoms with van der Waals surface area (Å²) in [5.41, 5.74) is 1.56. The molecule has 2 aromatic carbocycles. The molecule has 2 N–H and O–H groups in total. The first-order valence-corrected chi connectivity index (χ1v) is 9.70. The van der Waals surface area contributed by atoms with Crippen molar-refractivity contribution in [1.82, 2.24) is 15.2 Å². The van der Waals surface area contributed by atoms with Gasteiger partial charge < -0.3 is 10.3 Å². The normalized spacial score (nSPS) is 15.5. The van der Waals surface area contributed by atoms with Gasteiger partial charge in [-0.1, -0.05) is 36.4 Å². The smallest absolute Gasteiger partial charge is 0.293 e. The molecule has 0 unspecified atom stereocenters. The fourth-order valence-corrected chi connectivity index (χ4v) is 3.88. The van der Waals surface area contributed by atoms with Crippen molar-refractivity contribution in [2.24, 2.45) is 0 Å². The monoisotopic (exact) mass is 409 g/mol. The van der Waals surface area contributed by atoms with Crippen LogP contribution in [0, 0.1) is 5.82 Å². The van der Waals surface area contributed by atoms with Crippen molar-refractivity contribution in [2.45, 2.75) is 0 Å². The number of hydrogen-bond donors (Lipinski definition) is 2. The lowest BCUT2D eigenvalue weighted by Gasteiger charge is -2.12. The minimum absolute atomic E-state index is 0.0527. The van der Waals surface area contributed by atoms with Gasteiger partial charge in [0, 0.05) is 24.0 Å². The zero-order chi connectivity index (χ0) is 20.4. The molecule has 1 aromatic heterocycles. The van der Waals surface area contributed by atoms with Crippen LogP contribution in [0.25, 0.3) is 17.0 Å². The van der Waals surface area contributed by atoms with Crippen LogP contribution < -0.4 is 5.32 Å². The second-order valence-electron chi connectivity index (χ2n) is 6.38. The highest BCUT2D eigenvalue weighted by molar-refractivity contribution is 8.18. The number of carbonyl (C=O) groups excluding carboxylic acids is 3. The van der Waals surface area contributed by atoms with E-state index in [9.17, 15) is 18.8 Å². The molecule has 0 bridgehead atoms. The van der Waals surface area contributed by atoms with Gasteiger partial charge >= 0.3 is 0 Å². The van der Waals surface area contributed by atoms with Crippen LogP contribution in [0.3, 0.4) is 0 Å². The lowest BCUT2D eigenvalue weighted by Crippen LogP contribution is -2.37. The number of aromatic amines is 1. The van der Waals surface area contributed by atoms with Crippen LogP contribution in [0.4, 0.5) is 9.18 Å². The molecule has 1 fully saturated rings. The maximum absolute atomic E-state index is 13.8. The molecule has 0 saturated carbocycles. The molecule has 2 heterocycles. The second-order valence-corrected chi connectivity index (χ2v) is 7.38. The van der Waals surface area contributed by atoms with Crippen LogP contribution in [0.1, 0.15) is 16.1 Å². The van der Waals surface area contributed by atoms with E-state index < -0.39 is 11.7 Å². The zero-order valence-corrected chi connectivity index (χ0v) is 16.0. The number of thioether (sulfide) groups is 1. The number of rotatable bonds is 5. The first-order valence-electron chi connectivity index (χ1n) is 8.89. The molecule has 0 atom stereocenters. The highest BCUT2D eigenvalue weighted by atomic mass is 32.2. The predicted molar refractivity (Wildman–Crippen MR) is 110 cm³/mol. The summed E-state index contributed by atoms with van der Waals surface area (Å²) < 4.78 is 13.8. The summed E-state index contributed by atoms with van der Waals surface area (Å²) in [4.78, 5) is 41.2. The van der Waals surface area contributed by atoms with Gasteiger partial charge in [0.1, 0.15) is 11.5 Å². The van der Waals surface area contributed by atoms with Gasteiger partial charge in [0.2, 0.25) is 0 Å². The van der Waals surface area contributed by atoms with Crippen LogP contribution in [-0.2, 0) is 4.79 Å². The van der Waals surface area contributed by atoms with Gasteiger partial charge in [0.15, 0.2) is 0 Å². The average Bonchev–Trinajstić information content (AvgIpc) is 3.26. The Morgan fingerprint density at radius 2 is 1.93 bits per heavy atom. The molecule has 146 valence electrons. The Morgan fingerprint density at radius 1 is 1.14 bits per heavy atom. The van der Waals surface area contributed by atoms with E-state index in [1.54, 1.807) is 18.2 Å². The van der Waals surface area contributed by atoms with E-state index in [4.69, 9.17) is 0 Å². The van der Waals surface area contributed by atoms with E-state index in [1.807, 2.05) is 30.3 Å². The van der Waals surface area contributed by atoms with Gasteiger partial charge in [0.05, 0.1) is 4.91 Å². The Morgan fingerprint density at radius 3 is 2.69 bits per heavy atom. The first-order chi connectivity index (χ1) is 14.0. The Labute approximate surface area is 169 Å². The Hall–Kier alpha value is -3.39. The fourth-order valence-electron chi connectivity index (χ4n) is 3.01. The van der Waals surface area contributed by atoms with Crippen LogP contribution >= 0.6 is 11.8 Å². The number of hydrogen-bond acceptors (Lipinski definition) is 4. The molecule has 3 amide bonds. The predicted octanol–water partition coefficient (Wildman–Crippen LogP) is 3.77. The molecule has 0 spiro atoms. The number of imide groups is 1. The summed E-state index contributed by atoms with van der Waals surface area (Å²) in [6.45, 7) is 0.143. The Balaban J connectivity index is 1.38. The molecule has 1 saturated heterocycles. The summed E-state index contributed by atoms with van der Waals surface area (Å²) >= 11 is 0.874. The van der Waals surface area contributed by atoms with E-state index in [-0.39, 0.29) is 29.9 Å². The van der Waals surface area contributed by atoms with Crippen LogP contribution in [0.5, 0.6) is 0 Å². The third-order valence-corrected chi connectivity index (χ3v) is 5.35. The van der Waals surface area contributed by atoms with Crippen molar-refractivity contribution < 1.29 is 18.8 Å². The van der Waals surface area contributed by atoms with E-state index >= 15 is 0 Å². The number of nitrogens with one attached hydrogen (secondary N) is 2. The lowest BCUT2D eigenvalue weighted by atomic mass is 10.2. The molecular weight excluding hydrogens is 393 g/mol. The first kappa shape index (κ1) is 18.9. The van der Waals surface area contributed by atoms with Crippen molar-refractivity contribution in [3.63, 3.8) is 0 Å². The molecule has 3 aromatic rings. The van der Waals surface area contributed by atoms with Crippen molar-refractivity contribution >= 4 is 45.8 Å². The number of benzene rings is 2. The maximum atomic E-state index is 13.8. The molecule has 1 aliphatic rings. The summed E-state index contributed by atoms with van der Waals surface area (Å²) in [6.07, 6.45) is 1.67. The van der Waals surface area contributed by atoms with E-state index in [0.29, 0.717) is 15.8 Å². The Bertz CT molecular complexity index is 1140. The number of amides is 3. The number of H-pyrrole nitrogens is 1. The molecular formula is C21H16FN3O3S. The van der Waals surface area contributed by atoms with Crippen LogP contribution in [0.15, 0.2) is 59.5 Å². The summed E-state index contributed by atoms with van der Waals surface area (Å²) in [6, 6.07) is 15.2. The quantitative estimate of drug-likeness (QED) is 0.629. The number of fused-ring (bicyclic) bond motifs is 1. The SMILES string of the molecule is O=C(NCCN1C(=O)S/C(=C\c2ccccc2)C1=O)c1cc2c(F)cccc2[nH]1. The third kappa shape index (κ3) is 3.93. The largest absolute Gasteiger partial charge is 0.350 e. The number of aromatic nitrogens is 1. The topological polar surface area (TPSA) is 82.3 Å². The average molecular weight is 409 g/mol. The van der Waals surface area contributed by atoms with Crippen molar-refractivity contribution in [1.29, 1.82) is 0 Å². The van der Waals surface area contributed by atoms with Crippen molar-refractivity contribution in [2.75, 3.05) is 13.1 Å². The van der Waals surface area contributed by atoms with Gasteiger partial charge in [0.25, 0.3) is 17.1 Å². The summed E-state index contributed by atoms with van der Waals surface area (Å²) in [5, 5.41) is 2.60. The number of nitrogens with zero attached hydrogens (tertiary/aromatic N) is 1. The Kier molecular flexibility index (Phi) is 5.18. The molecule has 4 rings (SSSR count). The summed E-state index contributed by atoms with van der Waals surface area (Å²) in [5.74, 6) is -1.24. The third-order valence-electron chi connectivity index (χ3n) is 4.45. The minimum atomic E-state index is -0.438. The van der Waals surface area contributed by atoms with E-state index in [1.165, 1.54) is 12.1 Å². The number of carbonyl (C=O) groups is 3. The van der Waals surface area contributed by atoms with Gasteiger partial charge in [-0.3, -0.25) is 19.3 Å². The second kappa shape index (κ2) is 7.92. The minimum Gasteiger partial charge on any atom is -0.350 e. The van der Waals surface area contributed by atoms with E-state index in [2.05, 4.69) is 10.3 Å². The molecule has 0 radical (unpaired) electrons. The summed E-state index contributed by atoms with van der Waals surface area (Å²) in [7, 11) is 0. The maximum Gasteiger partial charge on any atom is 0.293 e. The highest BCUT2D eigenvalue weighted by Gasteiger charge is 2.34. The zero-order valence-electron chi connectivity index (χ0n) is 15.1. The molecule has 8 heteroatoms.